The first-order valence-electron chi connectivity index (χ1n) is 5.21. The molecule has 0 aliphatic carbocycles. The van der Waals surface area contributed by atoms with Crippen LogP contribution in [0.15, 0.2) is 12.1 Å². The Morgan fingerprint density at radius 3 is 2.56 bits per heavy atom. The number of carbonyl (C=O) groups is 2. The Kier molecular flexibility index (Phi) is 4.19. The van der Waals surface area contributed by atoms with Crippen molar-refractivity contribution in [2.75, 3.05) is 5.32 Å². The molecule has 0 heterocycles. The molecule has 5 nitrogen and oxygen atoms in total. The molecule has 2 N–H and O–H groups in total. The average Bonchev–Trinajstić information content (AvgIpc) is 2.22. The maximum Gasteiger partial charge on any atom is 0.412 e. The molecule has 0 fully saturated rings. The number of benzene rings is 1. The number of hydrogen-bond acceptors (Lipinski definition) is 4. The van der Waals surface area contributed by atoms with E-state index >= 15 is 0 Å². The van der Waals surface area contributed by atoms with Gasteiger partial charge in [-0.05, 0) is 32.9 Å². The number of anilines is 1. The van der Waals surface area contributed by atoms with Crippen molar-refractivity contribution in [1.82, 2.24) is 0 Å². The first-order chi connectivity index (χ1) is 8.24. The number of amides is 1. The van der Waals surface area contributed by atoms with E-state index in [-0.39, 0.29) is 22.0 Å². The quantitative estimate of drug-likeness (QED) is 0.810. The third kappa shape index (κ3) is 3.63. The predicted molar refractivity (Wildman–Crippen MR) is 68.4 cm³/mol. The Bertz CT molecular complexity index is 480. The van der Waals surface area contributed by atoms with Crippen molar-refractivity contribution < 1.29 is 19.4 Å². The molecule has 0 aliphatic heterocycles. The zero-order valence-corrected chi connectivity index (χ0v) is 11.0. The fourth-order valence-corrected chi connectivity index (χ4v) is 1.40. The van der Waals surface area contributed by atoms with Gasteiger partial charge < -0.3 is 9.84 Å². The molecule has 0 aliphatic rings. The lowest BCUT2D eigenvalue weighted by Crippen LogP contribution is -2.27. The van der Waals surface area contributed by atoms with E-state index in [4.69, 9.17) is 16.3 Å². The van der Waals surface area contributed by atoms with Gasteiger partial charge >= 0.3 is 6.09 Å². The number of ether oxygens (including phenoxy) is 1. The van der Waals surface area contributed by atoms with Gasteiger partial charge in [-0.1, -0.05) is 11.6 Å². The molecule has 6 heteroatoms. The molecule has 18 heavy (non-hydrogen) atoms. The van der Waals surface area contributed by atoms with Crippen LogP contribution in [0.4, 0.5) is 10.5 Å². The van der Waals surface area contributed by atoms with E-state index in [1.54, 1.807) is 20.8 Å². The van der Waals surface area contributed by atoms with Crippen LogP contribution in [0.1, 0.15) is 31.1 Å². The lowest BCUT2D eigenvalue weighted by atomic mass is 10.2. The fraction of sp³-hybridized carbons (Fsp3) is 0.333. The molecule has 0 unspecified atom stereocenters. The van der Waals surface area contributed by atoms with Crippen molar-refractivity contribution in [3.63, 3.8) is 0 Å². The molecule has 1 rings (SSSR count). The van der Waals surface area contributed by atoms with E-state index in [1.165, 1.54) is 12.1 Å². The molecular weight excluding hydrogens is 258 g/mol. The van der Waals surface area contributed by atoms with E-state index in [0.717, 1.165) is 0 Å². The third-order valence-electron chi connectivity index (χ3n) is 1.91. The number of phenols is 1. The van der Waals surface area contributed by atoms with Crippen LogP contribution < -0.4 is 5.32 Å². The highest BCUT2D eigenvalue weighted by molar-refractivity contribution is 6.35. The highest BCUT2D eigenvalue weighted by atomic mass is 35.5. The van der Waals surface area contributed by atoms with Crippen molar-refractivity contribution in [3.05, 3.63) is 22.7 Å². The van der Waals surface area contributed by atoms with Crippen LogP contribution in [-0.4, -0.2) is 23.1 Å². The zero-order chi connectivity index (χ0) is 13.9. The molecule has 1 amide bonds. The molecule has 0 aromatic heterocycles. The summed E-state index contributed by atoms with van der Waals surface area (Å²) in [7, 11) is 0. The highest BCUT2D eigenvalue weighted by Crippen LogP contribution is 2.33. The van der Waals surface area contributed by atoms with Crippen LogP contribution in [0.25, 0.3) is 0 Å². The molecule has 1 aromatic carbocycles. The topological polar surface area (TPSA) is 75.6 Å². The minimum absolute atomic E-state index is 0.0507. The Balaban J connectivity index is 2.90. The Morgan fingerprint density at radius 2 is 2.06 bits per heavy atom. The summed E-state index contributed by atoms with van der Waals surface area (Å²) in [4.78, 5) is 22.1. The first kappa shape index (κ1) is 14.3. The molecule has 0 saturated carbocycles. The summed E-state index contributed by atoms with van der Waals surface area (Å²) in [6.45, 7) is 5.17. The van der Waals surface area contributed by atoms with Gasteiger partial charge in [0.05, 0.1) is 11.3 Å². The Labute approximate surface area is 110 Å². The first-order valence-corrected chi connectivity index (χ1v) is 5.59. The van der Waals surface area contributed by atoms with Crippen molar-refractivity contribution in [1.29, 1.82) is 0 Å². The van der Waals surface area contributed by atoms with Gasteiger partial charge in [-0.2, -0.15) is 0 Å². The van der Waals surface area contributed by atoms with Crippen LogP contribution in [0.5, 0.6) is 5.75 Å². The second-order valence-corrected chi connectivity index (χ2v) is 4.99. The van der Waals surface area contributed by atoms with Crippen LogP contribution in [-0.2, 0) is 4.74 Å². The number of hydrogen-bond donors (Lipinski definition) is 2. The molecule has 1 aromatic rings. The van der Waals surface area contributed by atoms with Crippen LogP contribution in [0.3, 0.4) is 0 Å². The van der Waals surface area contributed by atoms with Gasteiger partial charge in [-0.3, -0.25) is 10.1 Å². The van der Waals surface area contributed by atoms with Gasteiger partial charge in [0.2, 0.25) is 0 Å². The van der Waals surface area contributed by atoms with Gasteiger partial charge in [0.15, 0.2) is 6.29 Å². The van der Waals surface area contributed by atoms with E-state index in [1.807, 2.05) is 0 Å². The summed E-state index contributed by atoms with van der Waals surface area (Å²) in [5.41, 5.74) is -0.412. The maximum atomic E-state index is 11.5. The van der Waals surface area contributed by atoms with E-state index < -0.39 is 11.7 Å². The van der Waals surface area contributed by atoms with Gasteiger partial charge in [-0.25, -0.2) is 4.79 Å². The summed E-state index contributed by atoms with van der Waals surface area (Å²) in [5, 5.41) is 11.9. The van der Waals surface area contributed by atoms with Crippen molar-refractivity contribution in [2.24, 2.45) is 0 Å². The second-order valence-electron chi connectivity index (χ2n) is 4.61. The number of aldehydes is 1. The van der Waals surface area contributed by atoms with E-state index in [2.05, 4.69) is 5.32 Å². The lowest BCUT2D eigenvalue weighted by molar-refractivity contribution is 0.0636. The van der Waals surface area contributed by atoms with Crippen molar-refractivity contribution >= 4 is 29.7 Å². The minimum Gasteiger partial charge on any atom is -0.506 e. The normalized spacial score (nSPS) is 10.9. The van der Waals surface area contributed by atoms with Gasteiger partial charge in [0.1, 0.15) is 16.4 Å². The third-order valence-corrected chi connectivity index (χ3v) is 2.29. The molecule has 0 spiro atoms. The summed E-state index contributed by atoms with van der Waals surface area (Å²) in [6, 6.07) is 2.76. The van der Waals surface area contributed by atoms with Gasteiger partial charge in [-0.15, -0.1) is 0 Å². The number of phenolic OH excluding ortho intramolecular Hbond substituents is 1. The minimum atomic E-state index is -0.692. The van der Waals surface area contributed by atoms with E-state index in [9.17, 15) is 14.7 Å². The molecule has 0 atom stereocenters. The number of halogens is 1. The smallest absolute Gasteiger partial charge is 0.412 e. The van der Waals surface area contributed by atoms with Crippen LogP contribution >= 0.6 is 11.6 Å². The van der Waals surface area contributed by atoms with Crippen LogP contribution in [0, 0.1) is 0 Å². The number of nitrogens with one attached hydrogen (secondary N) is 1. The highest BCUT2D eigenvalue weighted by Gasteiger charge is 2.18. The predicted octanol–water partition coefficient (Wildman–Crippen LogP) is 3.21. The summed E-state index contributed by atoms with van der Waals surface area (Å²) in [5.74, 6) is -0.375. The molecule has 0 radical (unpaired) electrons. The lowest BCUT2D eigenvalue weighted by Gasteiger charge is -2.20. The molecule has 98 valence electrons. The summed E-state index contributed by atoms with van der Waals surface area (Å²) < 4.78 is 5.03. The van der Waals surface area contributed by atoms with Crippen LogP contribution in [0.2, 0.25) is 5.02 Å². The fourth-order valence-electron chi connectivity index (χ4n) is 1.18. The summed E-state index contributed by atoms with van der Waals surface area (Å²) in [6.07, 6.45) is -0.221. The zero-order valence-electron chi connectivity index (χ0n) is 10.3. The number of rotatable bonds is 2. The monoisotopic (exact) mass is 271 g/mol. The van der Waals surface area contributed by atoms with Gasteiger partial charge in [0.25, 0.3) is 0 Å². The molecule has 0 bridgehead atoms. The number of carbonyl (C=O) groups excluding carboxylic acids is 2. The second kappa shape index (κ2) is 5.27. The molecule has 0 saturated heterocycles. The van der Waals surface area contributed by atoms with Gasteiger partial charge in [0, 0.05) is 0 Å². The molecular formula is C12H14ClNO4. The Morgan fingerprint density at radius 1 is 1.44 bits per heavy atom. The summed E-state index contributed by atoms with van der Waals surface area (Å²) >= 11 is 5.81. The Hall–Kier alpha value is -1.75. The average molecular weight is 272 g/mol. The SMILES string of the molecule is CC(C)(C)OC(=O)Nc1ccc(C=O)c(O)c1Cl. The maximum absolute atomic E-state index is 11.5. The number of aromatic hydroxyl groups is 1. The largest absolute Gasteiger partial charge is 0.506 e. The van der Waals surface area contributed by atoms with Crippen molar-refractivity contribution in [3.8, 4) is 5.75 Å². The van der Waals surface area contributed by atoms with Crippen molar-refractivity contribution in [2.45, 2.75) is 26.4 Å². The standard InChI is InChI=1S/C12H14ClNO4/c1-12(2,3)18-11(17)14-8-5-4-7(6-15)10(16)9(8)13/h4-6,16H,1-3H3,(H,14,17). The van der Waals surface area contributed by atoms with E-state index in [0.29, 0.717) is 6.29 Å².